The summed E-state index contributed by atoms with van der Waals surface area (Å²) in [5, 5.41) is 0. The first-order chi connectivity index (χ1) is 12.1. The summed E-state index contributed by atoms with van der Waals surface area (Å²) in [7, 11) is 0. The number of hydrogen-bond donors (Lipinski definition) is 0. The first-order valence-corrected chi connectivity index (χ1v) is 8.63. The van der Waals surface area contributed by atoms with Crippen molar-refractivity contribution in [2.75, 3.05) is 22.9 Å². The Balaban J connectivity index is 1.70. The van der Waals surface area contributed by atoms with Crippen LogP contribution in [0.25, 0.3) is 0 Å². The van der Waals surface area contributed by atoms with E-state index < -0.39 is 0 Å². The van der Waals surface area contributed by atoms with Crippen LogP contribution in [0, 0.1) is 11.7 Å². The Labute approximate surface area is 145 Å². The molecule has 25 heavy (non-hydrogen) atoms. The number of halogens is 1. The van der Waals surface area contributed by atoms with Gasteiger partial charge in [-0.1, -0.05) is 12.1 Å². The summed E-state index contributed by atoms with van der Waals surface area (Å²) in [5.74, 6) is -0.252. The smallest absolute Gasteiger partial charge is 0.258 e. The molecular weight excluding hydrogens is 319 g/mol. The molecule has 2 aromatic carbocycles. The van der Waals surface area contributed by atoms with Crippen LogP contribution in [0.1, 0.15) is 29.6 Å². The normalized spacial score (nSPS) is 17.0. The number of hydrogen-bond acceptors (Lipinski definition) is 2. The van der Waals surface area contributed by atoms with E-state index in [1.165, 1.54) is 24.3 Å². The Hall–Kier alpha value is -2.69. The summed E-state index contributed by atoms with van der Waals surface area (Å²) < 4.78 is 13.1. The van der Waals surface area contributed by atoms with Crippen molar-refractivity contribution in [2.24, 2.45) is 5.92 Å². The molecule has 0 radical (unpaired) electrons. The van der Waals surface area contributed by atoms with Gasteiger partial charge in [0.15, 0.2) is 0 Å². The molecule has 5 heteroatoms. The summed E-state index contributed by atoms with van der Waals surface area (Å²) in [4.78, 5) is 29.1. The summed E-state index contributed by atoms with van der Waals surface area (Å²) in [6.45, 7) is 1.14. The van der Waals surface area contributed by atoms with Crippen molar-refractivity contribution >= 4 is 23.2 Å². The lowest BCUT2D eigenvalue weighted by molar-refractivity contribution is -0.119. The molecule has 1 heterocycles. The van der Waals surface area contributed by atoms with Crippen LogP contribution in [0.5, 0.6) is 0 Å². The van der Waals surface area contributed by atoms with Crippen molar-refractivity contribution in [2.45, 2.75) is 19.3 Å². The molecule has 2 aliphatic rings. The topological polar surface area (TPSA) is 40.6 Å². The molecule has 0 N–H and O–H groups in total. The molecule has 0 bridgehead atoms. The van der Waals surface area contributed by atoms with Crippen LogP contribution in [0.3, 0.4) is 0 Å². The minimum atomic E-state index is -0.367. The number of fused-ring (bicyclic) bond motifs is 1. The van der Waals surface area contributed by atoms with Gasteiger partial charge in [0.2, 0.25) is 5.91 Å². The van der Waals surface area contributed by atoms with Gasteiger partial charge >= 0.3 is 0 Å². The van der Waals surface area contributed by atoms with Gasteiger partial charge in [-0.15, -0.1) is 0 Å². The van der Waals surface area contributed by atoms with Crippen molar-refractivity contribution in [1.82, 2.24) is 0 Å². The largest absolute Gasteiger partial charge is 0.310 e. The fraction of sp³-hybridized carbons (Fsp3) is 0.300. The minimum Gasteiger partial charge on any atom is -0.310 e. The van der Waals surface area contributed by atoms with Crippen LogP contribution in [0.4, 0.5) is 15.8 Å². The molecular formula is C20H19FN2O2. The maximum Gasteiger partial charge on any atom is 0.258 e. The van der Waals surface area contributed by atoms with Crippen LogP contribution >= 0.6 is 0 Å². The zero-order valence-electron chi connectivity index (χ0n) is 13.8. The van der Waals surface area contributed by atoms with Gasteiger partial charge in [0.05, 0.1) is 11.4 Å². The Bertz CT molecular complexity index is 815. The van der Waals surface area contributed by atoms with Crippen molar-refractivity contribution < 1.29 is 14.0 Å². The quantitative estimate of drug-likeness (QED) is 0.839. The number of carbonyl (C=O) groups excluding carboxylic acids is 2. The number of nitrogens with zero attached hydrogens (tertiary/aromatic N) is 2. The van der Waals surface area contributed by atoms with E-state index in [0.29, 0.717) is 25.1 Å². The predicted molar refractivity (Wildman–Crippen MR) is 94.2 cm³/mol. The summed E-state index contributed by atoms with van der Waals surface area (Å²) >= 11 is 0. The third-order valence-corrected chi connectivity index (χ3v) is 4.76. The highest BCUT2D eigenvalue weighted by atomic mass is 19.1. The van der Waals surface area contributed by atoms with Gasteiger partial charge in [0.25, 0.3) is 5.91 Å². The second-order valence-electron chi connectivity index (χ2n) is 6.57. The van der Waals surface area contributed by atoms with Crippen molar-refractivity contribution in [3.63, 3.8) is 0 Å². The van der Waals surface area contributed by atoms with E-state index in [1.54, 1.807) is 4.90 Å². The lowest BCUT2D eigenvalue weighted by Gasteiger charge is -2.25. The zero-order valence-corrected chi connectivity index (χ0v) is 13.8. The molecule has 0 aromatic heterocycles. The molecule has 0 saturated heterocycles. The molecule has 2 amide bonds. The molecule has 2 aromatic rings. The number of rotatable bonds is 2. The maximum atomic E-state index is 13.1. The number of para-hydroxylation sites is 2. The SMILES string of the molecule is O=C(c1ccc(F)cc1)N1CCCN(C(=O)C2CC2)c2ccccc21. The molecule has 1 aliphatic heterocycles. The Kier molecular flexibility index (Phi) is 3.99. The highest BCUT2D eigenvalue weighted by Crippen LogP contribution is 2.38. The van der Waals surface area contributed by atoms with E-state index in [-0.39, 0.29) is 23.5 Å². The van der Waals surface area contributed by atoms with Gasteiger partial charge < -0.3 is 9.80 Å². The van der Waals surface area contributed by atoms with E-state index in [4.69, 9.17) is 0 Å². The predicted octanol–water partition coefficient (Wildman–Crippen LogP) is 3.62. The van der Waals surface area contributed by atoms with E-state index in [0.717, 1.165) is 24.2 Å². The zero-order chi connectivity index (χ0) is 17.4. The highest BCUT2D eigenvalue weighted by Gasteiger charge is 2.36. The summed E-state index contributed by atoms with van der Waals surface area (Å²) in [5.41, 5.74) is 1.97. The van der Waals surface area contributed by atoms with Crippen LogP contribution in [-0.2, 0) is 4.79 Å². The molecule has 0 unspecified atom stereocenters. The van der Waals surface area contributed by atoms with Crippen LogP contribution in [-0.4, -0.2) is 24.9 Å². The molecule has 4 rings (SSSR count). The van der Waals surface area contributed by atoms with Crippen molar-refractivity contribution in [1.29, 1.82) is 0 Å². The van der Waals surface area contributed by atoms with Gasteiger partial charge in [-0.3, -0.25) is 9.59 Å². The fourth-order valence-corrected chi connectivity index (χ4v) is 3.29. The minimum absolute atomic E-state index is 0.132. The van der Waals surface area contributed by atoms with Crippen LogP contribution in [0.15, 0.2) is 48.5 Å². The average molecular weight is 338 g/mol. The lowest BCUT2D eigenvalue weighted by Crippen LogP contribution is -2.32. The average Bonchev–Trinajstić information content (AvgIpc) is 3.48. The lowest BCUT2D eigenvalue weighted by atomic mass is 10.1. The molecule has 0 spiro atoms. The summed E-state index contributed by atoms with van der Waals surface area (Å²) in [6.07, 6.45) is 2.62. The third-order valence-electron chi connectivity index (χ3n) is 4.76. The number of carbonyl (C=O) groups is 2. The van der Waals surface area contributed by atoms with Gasteiger partial charge in [-0.05, 0) is 55.7 Å². The molecule has 1 saturated carbocycles. The molecule has 0 atom stereocenters. The first kappa shape index (κ1) is 15.8. The van der Waals surface area contributed by atoms with E-state index in [1.807, 2.05) is 29.2 Å². The Morgan fingerprint density at radius 2 is 1.48 bits per heavy atom. The first-order valence-electron chi connectivity index (χ1n) is 8.63. The van der Waals surface area contributed by atoms with Crippen molar-refractivity contribution in [3.8, 4) is 0 Å². The molecule has 1 fully saturated rings. The fourth-order valence-electron chi connectivity index (χ4n) is 3.29. The Morgan fingerprint density at radius 1 is 0.880 bits per heavy atom. The Morgan fingerprint density at radius 3 is 2.12 bits per heavy atom. The van der Waals surface area contributed by atoms with E-state index >= 15 is 0 Å². The monoisotopic (exact) mass is 338 g/mol. The molecule has 4 nitrogen and oxygen atoms in total. The van der Waals surface area contributed by atoms with Crippen LogP contribution in [0.2, 0.25) is 0 Å². The van der Waals surface area contributed by atoms with E-state index in [2.05, 4.69) is 0 Å². The second-order valence-corrected chi connectivity index (χ2v) is 6.57. The molecule has 1 aliphatic carbocycles. The van der Waals surface area contributed by atoms with E-state index in [9.17, 15) is 14.0 Å². The standard InChI is InChI=1S/C20H19FN2O2/c21-16-10-8-15(9-11-16)20(25)23-13-3-12-22(19(24)14-6-7-14)17-4-1-2-5-18(17)23/h1-2,4-5,8-11,14H,3,6-7,12-13H2. The second kappa shape index (κ2) is 6.31. The van der Waals surface area contributed by atoms with Crippen molar-refractivity contribution in [3.05, 3.63) is 59.9 Å². The van der Waals surface area contributed by atoms with Crippen LogP contribution < -0.4 is 9.80 Å². The highest BCUT2D eigenvalue weighted by molar-refractivity contribution is 6.10. The molecule has 128 valence electrons. The van der Waals surface area contributed by atoms with Gasteiger partial charge in [-0.25, -0.2) is 4.39 Å². The summed E-state index contributed by atoms with van der Waals surface area (Å²) in [6, 6.07) is 13.1. The van der Waals surface area contributed by atoms with Gasteiger partial charge in [0, 0.05) is 24.6 Å². The van der Waals surface area contributed by atoms with Gasteiger partial charge in [0.1, 0.15) is 5.82 Å². The number of benzene rings is 2. The maximum absolute atomic E-state index is 13.1. The number of anilines is 2. The third kappa shape index (κ3) is 3.02. The number of amides is 2. The van der Waals surface area contributed by atoms with Gasteiger partial charge in [-0.2, -0.15) is 0 Å².